The second-order valence-corrected chi connectivity index (χ2v) is 1.89. The molecular weight excluding hydrogens is 166 g/mol. The second-order valence-electron chi connectivity index (χ2n) is 1.89. The van der Waals surface area contributed by atoms with E-state index < -0.39 is 0 Å². The van der Waals surface area contributed by atoms with Crippen LogP contribution in [0.2, 0.25) is 0 Å². The van der Waals surface area contributed by atoms with Crippen molar-refractivity contribution in [1.29, 1.82) is 0 Å². The third kappa shape index (κ3) is 1.12. The molecule has 0 aromatic carbocycles. The van der Waals surface area contributed by atoms with E-state index in [0.717, 1.165) is 0 Å². The van der Waals surface area contributed by atoms with Crippen molar-refractivity contribution in [2.75, 3.05) is 0 Å². The molecule has 0 saturated carbocycles. The molecule has 2 aliphatic heterocycles. The monoisotopic (exact) mass is 169 g/mol. The fourth-order valence-corrected chi connectivity index (χ4v) is 0.799. The number of rotatable bonds is 0. The summed E-state index contributed by atoms with van der Waals surface area (Å²) in [4.78, 5) is 21.9. The fraction of sp³-hybridized carbons (Fsp3) is 0. The summed E-state index contributed by atoms with van der Waals surface area (Å²) >= 11 is 0. The van der Waals surface area contributed by atoms with Gasteiger partial charge in [-0.15, -0.1) is 12.4 Å². The maximum Gasteiger partial charge on any atom is 0.282 e. The summed E-state index contributed by atoms with van der Waals surface area (Å²) in [5.41, 5.74) is 1.10. The molecule has 2 rings (SSSR count). The molecule has 5 heteroatoms. The van der Waals surface area contributed by atoms with Crippen LogP contribution in [0.15, 0.2) is 26.8 Å². The molecule has 0 atom stereocenters. The Morgan fingerprint density at radius 2 is 2.18 bits per heavy atom. The Labute approximate surface area is 68.9 Å². The first-order valence-electron chi connectivity index (χ1n) is 2.76. The summed E-state index contributed by atoms with van der Waals surface area (Å²) in [6.07, 6.45) is 4.25. The number of carbonyl (C=O) groups excluding carboxylic acids is 1. The summed E-state index contributed by atoms with van der Waals surface area (Å²) < 4.78 is 0. The van der Waals surface area contributed by atoms with Crippen LogP contribution in [0.25, 0.3) is 0 Å². The highest BCUT2D eigenvalue weighted by Gasteiger charge is 2.18. The number of fused-ring (bicyclic) bond motifs is 1. The van der Waals surface area contributed by atoms with Gasteiger partial charge < -0.3 is 0 Å². The number of halogens is 1. The van der Waals surface area contributed by atoms with Crippen molar-refractivity contribution in [2.24, 2.45) is 15.0 Å². The van der Waals surface area contributed by atoms with E-state index in [4.69, 9.17) is 0 Å². The van der Waals surface area contributed by atoms with Crippen LogP contribution in [0.1, 0.15) is 0 Å². The van der Waals surface area contributed by atoms with E-state index in [0.29, 0.717) is 11.3 Å². The predicted molar refractivity (Wildman–Crippen MR) is 44.8 cm³/mol. The lowest BCUT2D eigenvalue weighted by atomic mass is 10.2. The molecule has 0 aliphatic carbocycles. The van der Waals surface area contributed by atoms with Crippen LogP contribution >= 0.6 is 12.4 Å². The van der Waals surface area contributed by atoms with Crippen molar-refractivity contribution >= 4 is 36.6 Å². The normalized spacial score (nSPS) is 18.7. The molecule has 0 bridgehead atoms. The van der Waals surface area contributed by atoms with Gasteiger partial charge in [-0.1, -0.05) is 0 Å². The Hall–Kier alpha value is -1.29. The van der Waals surface area contributed by atoms with Gasteiger partial charge in [0.2, 0.25) is 0 Å². The second kappa shape index (κ2) is 2.75. The van der Waals surface area contributed by atoms with Crippen LogP contribution in [-0.4, -0.2) is 24.2 Å². The smallest absolute Gasteiger partial charge is 0.267 e. The van der Waals surface area contributed by atoms with Crippen molar-refractivity contribution in [3.05, 3.63) is 11.8 Å². The van der Waals surface area contributed by atoms with Gasteiger partial charge in [-0.3, -0.25) is 9.79 Å². The van der Waals surface area contributed by atoms with Crippen LogP contribution in [0.4, 0.5) is 0 Å². The molecule has 0 N–H and O–H groups in total. The first kappa shape index (κ1) is 7.81. The molecule has 0 spiro atoms. The Balaban J connectivity index is 0.000000605. The molecule has 0 aromatic heterocycles. The van der Waals surface area contributed by atoms with Gasteiger partial charge in [-0.05, 0) is 0 Å². The zero-order valence-corrected chi connectivity index (χ0v) is 6.21. The quantitative estimate of drug-likeness (QED) is 0.518. The molecule has 0 aromatic rings. The van der Waals surface area contributed by atoms with Crippen molar-refractivity contribution in [1.82, 2.24) is 0 Å². The number of nitrogens with zero attached hydrogens (tertiary/aromatic N) is 3. The van der Waals surface area contributed by atoms with E-state index >= 15 is 0 Å². The van der Waals surface area contributed by atoms with E-state index in [9.17, 15) is 4.79 Å². The zero-order valence-electron chi connectivity index (χ0n) is 5.39. The summed E-state index contributed by atoms with van der Waals surface area (Å²) in [5.74, 6) is -0.262. The standard InChI is InChI=1S/C6H3N3O.ClH/c10-6-4-1-7-2-5(4)8-3-9-6;/h1-3H;1H. The molecule has 0 unspecified atom stereocenters. The maximum atomic E-state index is 10.8. The lowest BCUT2D eigenvalue weighted by Gasteiger charge is -1.98. The van der Waals surface area contributed by atoms with Crippen LogP contribution in [-0.2, 0) is 4.79 Å². The molecule has 1 amide bonds. The first-order valence-corrected chi connectivity index (χ1v) is 2.76. The van der Waals surface area contributed by atoms with Crippen LogP contribution < -0.4 is 0 Å². The Morgan fingerprint density at radius 1 is 1.36 bits per heavy atom. The highest BCUT2D eigenvalue weighted by atomic mass is 35.5. The van der Waals surface area contributed by atoms with Crippen LogP contribution in [0.3, 0.4) is 0 Å². The van der Waals surface area contributed by atoms with E-state index in [1.54, 1.807) is 6.21 Å². The molecular formula is C6H4ClN3O. The maximum absolute atomic E-state index is 10.8. The molecule has 0 fully saturated rings. The molecule has 11 heavy (non-hydrogen) atoms. The van der Waals surface area contributed by atoms with Crippen LogP contribution in [0, 0.1) is 0 Å². The minimum Gasteiger partial charge on any atom is -0.267 e. The zero-order chi connectivity index (χ0) is 6.97. The Morgan fingerprint density at radius 3 is 2.91 bits per heavy atom. The summed E-state index contributed by atoms with van der Waals surface area (Å²) in [5, 5.41) is 0. The molecule has 0 radical (unpaired) electrons. The van der Waals surface area contributed by atoms with Crippen molar-refractivity contribution in [3.8, 4) is 0 Å². The van der Waals surface area contributed by atoms with E-state index in [1.165, 1.54) is 12.5 Å². The van der Waals surface area contributed by atoms with E-state index in [-0.39, 0.29) is 18.3 Å². The van der Waals surface area contributed by atoms with Gasteiger partial charge in [0.1, 0.15) is 6.34 Å². The summed E-state index contributed by atoms with van der Waals surface area (Å²) in [7, 11) is 0. The Bertz CT molecular complexity index is 308. The minimum atomic E-state index is -0.262. The van der Waals surface area contributed by atoms with Crippen molar-refractivity contribution in [3.63, 3.8) is 0 Å². The highest BCUT2D eigenvalue weighted by molar-refractivity contribution is 6.49. The summed E-state index contributed by atoms with van der Waals surface area (Å²) in [6, 6.07) is 0. The third-order valence-electron chi connectivity index (χ3n) is 1.28. The van der Waals surface area contributed by atoms with Gasteiger partial charge >= 0.3 is 0 Å². The number of hydrogen-bond donors (Lipinski definition) is 0. The summed E-state index contributed by atoms with van der Waals surface area (Å²) in [6.45, 7) is 0. The van der Waals surface area contributed by atoms with Crippen LogP contribution in [0.5, 0.6) is 0 Å². The number of aliphatic imine (C=N–C) groups is 3. The van der Waals surface area contributed by atoms with Gasteiger partial charge in [0.05, 0.1) is 17.5 Å². The number of hydrogen-bond acceptors (Lipinski definition) is 3. The SMILES string of the molecule is Cl.O=C1N=CN=C2C=NC=C12. The fourth-order valence-electron chi connectivity index (χ4n) is 0.799. The third-order valence-corrected chi connectivity index (χ3v) is 1.28. The van der Waals surface area contributed by atoms with E-state index in [1.807, 2.05) is 0 Å². The van der Waals surface area contributed by atoms with E-state index in [2.05, 4.69) is 15.0 Å². The predicted octanol–water partition coefficient (Wildman–Crippen LogP) is 0.386. The average Bonchev–Trinajstić information content (AvgIpc) is 2.36. The minimum absolute atomic E-state index is 0. The number of carbonyl (C=O) groups is 1. The lowest BCUT2D eigenvalue weighted by Crippen LogP contribution is -2.13. The average molecular weight is 170 g/mol. The van der Waals surface area contributed by atoms with Crippen molar-refractivity contribution in [2.45, 2.75) is 0 Å². The Kier molecular flexibility index (Phi) is 1.96. The van der Waals surface area contributed by atoms with Gasteiger partial charge in [0, 0.05) is 6.20 Å². The van der Waals surface area contributed by atoms with Gasteiger partial charge in [0.25, 0.3) is 5.91 Å². The first-order chi connectivity index (χ1) is 4.88. The highest BCUT2D eigenvalue weighted by Crippen LogP contribution is 2.08. The lowest BCUT2D eigenvalue weighted by molar-refractivity contribution is -0.113. The van der Waals surface area contributed by atoms with Crippen molar-refractivity contribution < 1.29 is 4.79 Å². The van der Waals surface area contributed by atoms with Gasteiger partial charge in [-0.25, -0.2) is 4.99 Å². The molecule has 2 aliphatic rings. The topological polar surface area (TPSA) is 54.1 Å². The number of amides is 1. The molecule has 56 valence electrons. The van der Waals surface area contributed by atoms with Gasteiger partial charge in [0.15, 0.2) is 0 Å². The van der Waals surface area contributed by atoms with Gasteiger partial charge in [-0.2, -0.15) is 4.99 Å². The largest absolute Gasteiger partial charge is 0.282 e. The molecule has 4 nitrogen and oxygen atoms in total. The molecule has 2 heterocycles. The molecule has 0 saturated heterocycles.